The van der Waals surface area contributed by atoms with Crippen molar-refractivity contribution in [3.63, 3.8) is 0 Å². The third kappa shape index (κ3) is 2.05. The van der Waals surface area contributed by atoms with Crippen LogP contribution in [0.15, 0.2) is 30.5 Å². The lowest BCUT2D eigenvalue weighted by atomic mass is 9.99. The lowest BCUT2D eigenvalue weighted by molar-refractivity contribution is 0.456. The van der Waals surface area contributed by atoms with E-state index in [-0.39, 0.29) is 0 Å². The first-order chi connectivity index (χ1) is 9.72. The van der Waals surface area contributed by atoms with Crippen LogP contribution in [0.1, 0.15) is 12.8 Å². The average Bonchev–Trinajstić information content (AvgIpc) is 3.21. The summed E-state index contributed by atoms with van der Waals surface area (Å²) < 4.78 is 0. The number of hydrogen-bond acceptors (Lipinski definition) is 3. The quantitative estimate of drug-likeness (QED) is 0.923. The van der Waals surface area contributed by atoms with E-state index in [2.05, 4.69) is 22.0 Å². The van der Waals surface area contributed by atoms with Crippen LogP contribution in [0.2, 0.25) is 5.02 Å². The molecule has 4 heteroatoms. The fourth-order valence-corrected chi connectivity index (χ4v) is 3.62. The Balaban J connectivity index is 1.71. The molecular formula is C16H18ClN3. The van der Waals surface area contributed by atoms with Crippen molar-refractivity contribution < 1.29 is 0 Å². The fourth-order valence-electron chi connectivity index (χ4n) is 3.46. The number of halogens is 1. The molecular weight excluding hydrogens is 270 g/mol. The Morgan fingerprint density at radius 1 is 1.20 bits per heavy atom. The van der Waals surface area contributed by atoms with Gasteiger partial charge in [-0.25, -0.2) is 0 Å². The molecule has 2 heterocycles. The van der Waals surface area contributed by atoms with E-state index in [1.54, 1.807) is 0 Å². The molecule has 0 spiro atoms. The van der Waals surface area contributed by atoms with Crippen LogP contribution in [-0.2, 0) is 0 Å². The molecule has 2 N–H and O–H groups in total. The summed E-state index contributed by atoms with van der Waals surface area (Å²) in [6, 6.07) is 8.32. The van der Waals surface area contributed by atoms with E-state index < -0.39 is 0 Å². The van der Waals surface area contributed by atoms with E-state index in [0.717, 1.165) is 29.5 Å². The molecule has 2 aliphatic rings. The number of anilines is 1. The van der Waals surface area contributed by atoms with Crippen molar-refractivity contribution in [3.8, 4) is 0 Å². The highest BCUT2D eigenvalue weighted by Crippen LogP contribution is 2.42. The van der Waals surface area contributed by atoms with Gasteiger partial charge in [0.05, 0.1) is 5.52 Å². The molecule has 20 heavy (non-hydrogen) atoms. The van der Waals surface area contributed by atoms with E-state index in [1.165, 1.54) is 23.9 Å². The number of rotatable bonds is 2. The number of pyridine rings is 1. The Morgan fingerprint density at radius 3 is 2.85 bits per heavy atom. The van der Waals surface area contributed by atoms with Crippen molar-refractivity contribution in [2.45, 2.75) is 18.9 Å². The van der Waals surface area contributed by atoms with Crippen molar-refractivity contribution in [1.29, 1.82) is 0 Å². The Kier molecular flexibility index (Phi) is 2.86. The van der Waals surface area contributed by atoms with Crippen molar-refractivity contribution >= 4 is 28.2 Å². The largest absolute Gasteiger partial charge is 0.369 e. The fraction of sp³-hybridized carbons (Fsp3) is 0.438. The smallest absolute Gasteiger partial charge is 0.0737 e. The second-order valence-corrected chi connectivity index (χ2v) is 6.50. The highest BCUT2D eigenvalue weighted by Gasteiger charge is 2.41. The Labute approximate surface area is 123 Å². The molecule has 2 fully saturated rings. The van der Waals surface area contributed by atoms with Crippen LogP contribution < -0.4 is 10.6 Å². The van der Waals surface area contributed by atoms with Gasteiger partial charge in [-0.2, -0.15) is 0 Å². The number of nitrogens with zero attached hydrogens (tertiary/aromatic N) is 2. The molecule has 1 aliphatic carbocycles. The molecule has 1 aromatic heterocycles. The first-order valence-corrected chi connectivity index (χ1v) is 7.65. The minimum absolute atomic E-state index is 0.304. The van der Waals surface area contributed by atoms with E-state index in [0.29, 0.717) is 12.0 Å². The van der Waals surface area contributed by atoms with Gasteiger partial charge in [-0.05, 0) is 48.9 Å². The molecule has 1 saturated heterocycles. The second kappa shape index (κ2) is 4.61. The number of hydrogen-bond donors (Lipinski definition) is 1. The zero-order valence-electron chi connectivity index (χ0n) is 11.3. The van der Waals surface area contributed by atoms with Gasteiger partial charge < -0.3 is 10.6 Å². The van der Waals surface area contributed by atoms with E-state index in [9.17, 15) is 0 Å². The molecule has 2 aromatic rings. The SMILES string of the molecule is N[C@@H]1CN(c2ccnc3cc(Cl)ccc23)C[C@H]1C1CC1. The van der Waals surface area contributed by atoms with Crippen LogP contribution in [0, 0.1) is 11.8 Å². The number of nitrogens with two attached hydrogens (primary N) is 1. The number of aromatic nitrogens is 1. The van der Waals surface area contributed by atoms with Crippen molar-refractivity contribution in [1.82, 2.24) is 4.98 Å². The normalized spacial score (nSPS) is 26.4. The van der Waals surface area contributed by atoms with Crippen LogP contribution in [0.3, 0.4) is 0 Å². The molecule has 1 aliphatic heterocycles. The predicted octanol–water partition coefficient (Wildman–Crippen LogP) is 3.06. The van der Waals surface area contributed by atoms with Gasteiger partial charge in [0.2, 0.25) is 0 Å². The van der Waals surface area contributed by atoms with Crippen LogP contribution in [0.4, 0.5) is 5.69 Å². The summed E-state index contributed by atoms with van der Waals surface area (Å²) in [5.74, 6) is 1.52. The number of fused-ring (bicyclic) bond motifs is 1. The summed E-state index contributed by atoms with van der Waals surface area (Å²) in [5, 5.41) is 1.90. The van der Waals surface area contributed by atoms with Gasteiger partial charge in [0, 0.05) is 41.4 Å². The molecule has 1 saturated carbocycles. The van der Waals surface area contributed by atoms with Gasteiger partial charge in [-0.1, -0.05) is 11.6 Å². The molecule has 0 bridgehead atoms. The minimum Gasteiger partial charge on any atom is -0.369 e. The van der Waals surface area contributed by atoms with E-state index >= 15 is 0 Å². The molecule has 3 nitrogen and oxygen atoms in total. The standard InChI is InChI=1S/C16H18ClN3/c17-11-3-4-12-15(7-11)19-6-5-16(12)20-8-13(10-1-2-10)14(18)9-20/h3-7,10,13-14H,1-2,8-9,18H2/t13-,14+/m0/s1. The highest BCUT2D eigenvalue weighted by molar-refractivity contribution is 6.31. The molecule has 0 amide bonds. The van der Waals surface area contributed by atoms with Crippen molar-refractivity contribution in [2.24, 2.45) is 17.6 Å². The van der Waals surface area contributed by atoms with Gasteiger partial charge in [0.1, 0.15) is 0 Å². The second-order valence-electron chi connectivity index (χ2n) is 6.06. The molecule has 4 rings (SSSR count). The van der Waals surface area contributed by atoms with Crippen molar-refractivity contribution in [3.05, 3.63) is 35.5 Å². The van der Waals surface area contributed by atoms with Crippen LogP contribution in [0.25, 0.3) is 10.9 Å². The Hall–Kier alpha value is -1.32. The Morgan fingerprint density at radius 2 is 2.05 bits per heavy atom. The summed E-state index contributed by atoms with van der Waals surface area (Å²) in [6.45, 7) is 2.02. The van der Waals surface area contributed by atoms with E-state index in [1.807, 2.05) is 18.3 Å². The zero-order valence-corrected chi connectivity index (χ0v) is 12.1. The van der Waals surface area contributed by atoms with Crippen LogP contribution in [0.5, 0.6) is 0 Å². The zero-order chi connectivity index (χ0) is 13.7. The lowest BCUT2D eigenvalue weighted by Gasteiger charge is -2.20. The molecule has 0 unspecified atom stereocenters. The molecule has 2 atom stereocenters. The Bertz CT molecular complexity index is 653. The van der Waals surface area contributed by atoms with Crippen LogP contribution >= 0.6 is 11.6 Å². The maximum Gasteiger partial charge on any atom is 0.0737 e. The topological polar surface area (TPSA) is 42.1 Å². The highest BCUT2D eigenvalue weighted by atomic mass is 35.5. The summed E-state index contributed by atoms with van der Waals surface area (Å²) in [4.78, 5) is 6.84. The maximum atomic E-state index is 6.34. The van der Waals surface area contributed by atoms with E-state index in [4.69, 9.17) is 17.3 Å². The third-order valence-corrected chi connectivity index (χ3v) is 4.90. The number of benzene rings is 1. The predicted molar refractivity (Wildman–Crippen MR) is 83.2 cm³/mol. The van der Waals surface area contributed by atoms with Gasteiger partial charge in [0.25, 0.3) is 0 Å². The first-order valence-electron chi connectivity index (χ1n) is 7.27. The third-order valence-electron chi connectivity index (χ3n) is 4.66. The monoisotopic (exact) mass is 287 g/mol. The average molecular weight is 288 g/mol. The molecule has 0 radical (unpaired) electrons. The maximum absolute atomic E-state index is 6.34. The summed E-state index contributed by atoms with van der Waals surface area (Å²) in [5.41, 5.74) is 8.54. The molecule has 104 valence electrons. The van der Waals surface area contributed by atoms with Gasteiger partial charge in [-0.15, -0.1) is 0 Å². The summed E-state index contributed by atoms with van der Waals surface area (Å²) in [7, 11) is 0. The van der Waals surface area contributed by atoms with Crippen LogP contribution in [-0.4, -0.2) is 24.1 Å². The summed E-state index contributed by atoms with van der Waals surface area (Å²) >= 11 is 6.05. The lowest BCUT2D eigenvalue weighted by Crippen LogP contribution is -2.30. The van der Waals surface area contributed by atoms with Gasteiger partial charge >= 0.3 is 0 Å². The summed E-state index contributed by atoms with van der Waals surface area (Å²) in [6.07, 6.45) is 4.59. The van der Waals surface area contributed by atoms with Gasteiger partial charge in [0.15, 0.2) is 0 Å². The first kappa shape index (κ1) is 12.4. The minimum atomic E-state index is 0.304. The van der Waals surface area contributed by atoms with Gasteiger partial charge in [-0.3, -0.25) is 4.98 Å². The molecule has 1 aromatic carbocycles. The van der Waals surface area contributed by atoms with Crippen molar-refractivity contribution in [2.75, 3.05) is 18.0 Å².